The minimum absolute atomic E-state index is 0.228. The van der Waals surface area contributed by atoms with Crippen LogP contribution in [0.4, 0.5) is 13.2 Å². The molecule has 6 heteroatoms. The predicted molar refractivity (Wildman–Crippen MR) is 58.3 cm³/mol. The maximum atomic E-state index is 12.4. The van der Waals surface area contributed by atoms with Gasteiger partial charge in [-0.25, -0.2) is 0 Å². The van der Waals surface area contributed by atoms with E-state index in [1.54, 1.807) is 24.3 Å². The Kier molecular flexibility index (Phi) is 3.06. The van der Waals surface area contributed by atoms with E-state index in [4.69, 9.17) is 5.26 Å². The number of H-pyrrole nitrogens is 1. The second-order valence-corrected chi connectivity index (χ2v) is 3.70. The van der Waals surface area contributed by atoms with Crippen LogP contribution in [0.15, 0.2) is 30.3 Å². The Hall–Kier alpha value is -2.29. The standard InChI is InChI=1S/C12H8F3N3/c13-12(14,15)11-7-10(17-18-11)9-3-1-8(2-4-9)5-6-16/h1-4,7H,5H2,(H,17,18). The number of halogens is 3. The van der Waals surface area contributed by atoms with Gasteiger partial charge in [0.05, 0.1) is 18.2 Å². The third-order valence-electron chi connectivity index (χ3n) is 2.42. The summed E-state index contributed by atoms with van der Waals surface area (Å²) >= 11 is 0. The van der Waals surface area contributed by atoms with Gasteiger partial charge in [0.25, 0.3) is 0 Å². The van der Waals surface area contributed by atoms with Crippen molar-refractivity contribution < 1.29 is 13.2 Å². The van der Waals surface area contributed by atoms with Crippen molar-refractivity contribution in [1.82, 2.24) is 10.2 Å². The molecule has 1 heterocycles. The van der Waals surface area contributed by atoms with Crippen molar-refractivity contribution in [3.05, 3.63) is 41.6 Å². The number of aromatic nitrogens is 2. The summed E-state index contributed by atoms with van der Waals surface area (Å²) in [5, 5.41) is 14.1. The molecule has 0 aliphatic rings. The summed E-state index contributed by atoms with van der Waals surface area (Å²) in [6.45, 7) is 0. The number of nitrogens with one attached hydrogen (secondary N) is 1. The fourth-order valence-electron chi connectivity index (χ4n) is 1.50. The summed E-state index contributed by atoms with van der Waals surface area (Å²) in [7, 11) is 0. The van der Waals surface area contributed by atoms with Gasteiger partial charge >= 0.3 is 6.18 Å². The molecule has 0 unspecified atom stereocenters. The van der Waals surface area contributed by atoms with Crippen LogP contribution in [0.2, 0.25) is 0 Å². The highest BCUT2D eigenvalue weighted by Gasteiger charge is 2.33. The lowest BCUT2D eigenvalue weighted by molar-refractivity contribution is -0.141. The Morgan fingerprint density at radius 3 is 2.39 bits per heavy atom. The van der Waals surface area contributed by atoms with Gasteiger partial charge in [0.15, 0.2) is 0 Å². The van der Waals surface area contributed by atoms with Gasteiger partial charge in [-0.05, 0) is 11.6 Å². The van der Waals surface area contributed by atoms with Gasteiger partial charge in [-0.1, -0.05) is 24.3 Å². The Labute approximate surface area is 101 Å². The number of benzene rings is 1. The van der Waals surface area contributed by atoms with E-state index in [-0.39, 0.29) is 12.1 Å². The maximum Gasteiger partial charge on any atom is 0.432 e. The van der Waals surface area contributed by atoms with E-state index in [1.165, 1.54) is 0 Å². The van der Waals surface area contributed by atoms with E-state index in [2.05, 4.69) is 5.10 Å². The molecule has 0 spiro atoms. The van der Waals surface area contributed by atoms with Crippen LogP contribution < -0.4 is 0 Å². The average molecular weight is 251 g/mol. The van der Waals surface area contributed by atoms with Crippen LogP contribution in [-0.4, -0.2) is 10.2 Å². The highest BCUT2D eigenvalue weighted by atomic mass is 19.4. The maximum absolute atomic E-state index is 12.4. The first kappa shape index (κ1) is 12.2. The van der Waals surface area contributed by atoms with E-state index in [0.29, 0.717) is 5.56 Å². The van der Waals surface area contributed by atoms with Crippen molar-refractivity contribution in [3.63, 3.8) is 0 Å². The first-order chi connectivity index (χ1) is 8.50. The molecular weight excluding hydrogens is 243 g/mol. The van der Waals surface area contributed by atoms with Crippen molar-refractivity contribution >= 4 is 0 Å². The van der Waals surface area contributed by atoms with Gasteiger partial charge in [0, 0.05) is 5.56 Å². The third-order valence-corrected chi connectivity index (χ3v) is 2.42. The van der Waals surface area contributed by atoms with Gasteiger partial charge in [-0.2, -0.15) is 23.5 Å². The molecule has 1 N–H and O–H groups in total. The Bertz CT molecular complexity index is 576. The molecule has 1 aromatic carbocycles. The zero-order valence-corrected chi connectivity index (χ0v) is 9.12. The quantitative estimate of drug-likeness (QED) is 0.891. The zero-order valence-electron chi connectivity index (χ0n) is 9.12. The summed E-state index contributed by atoms with van der Waals surface area (Å²) in [6, 6.07) is 9.63. The molecule has 92 valence electrons. The summed E-state index contributed by atoms with van der Waals surface area (Å²) in [4.78, 5) is 0. The second kappa shape index (κ2) is 4.53. The van der Waals surface area contributed by atoms with Crippen molar-refractivity contribution in [2.45, 2.75) is 12.6 Å². The number of hydrogen-bond donors (Lipinski definition) is 1. The molecule has 2 aromatic rings. The first-order valence-electron chi connectivity index (χ1n) is 5.09. The van der Waals surface area contributed by atoms with Gasteiger partial charge in [-0.15, -0.1) is 0 Å². The highest BCUT2D eigenvalue weighted by molar-refractivity contribution is 5.59. The van der Waals surface area contributed by atoms with Gasteiger partial charge in [-0.3, -0.25) is 5.10 Å². The smallest absolute Gasteiger partial charge is 0.273 e. The lowest BCUT2D eigenvalue weighted by atomic mass is 10.1. The second-order valence-electron chi connectivity index (χ2n) is 3.70. The van der Waals surface area contributed by atoms with Crippen molar-refractivity contribution in [1.29, 1.82) is 5.26 Å². The molecule has 0 saturated carbocycles. The van der Waals surface area contributed by atoms with Crippen LogP contribution in [0.25, 0.3) is 11.3 Å². The minimum Gasteiger partial charge on any atom is -0.273 e. The van der Waals surface area contributed by atoms with Crippen molar-refractivity contribution in [2.24, 2.45) is 0 Å². The van der Waals surface area contributed by atoms with E-state index in [9.17, 15) is 13.2 Å². The number of nitrogens with zero attached hydrogens (tertiary/aromatic N) is 2. The molecule has 0 aliphatic carbocycles. The summed E-state index contributed by atoms with van der Waals surface area (Å²) < 4.78 is 37.1. The summed E-state index contributed by atoms with van der Waals surface area (Å²) in [6.07, 6.45) is -4.15. The molecule has 0 radical (unpaired) electrons. The number of rotatable bonds is 2. The molecule has 0 bridgehead atoms. The molecule has 0 aliphatic heterocycles. The van der Waals surface area contributed by atoms with Crippen molar-refractivity contribution in [2.75, 3.05) is 0 Å². The lowest BCUT2D eigenvalue weighted by Gasteiger charge is -2.00. The Balaban J connectivity index is 2.27. The van der Waals surface area contributed by atoms with Gasteiger partial charge in [0.1, 0.15) is 5.69 Å². The lowest BCUT2D eigenvalue weighted by Crippen LogP contribution is -2.04. The largest absolute Gasteiger partial charge is 0.432 e. The monoisotopic (exact) mass is 251 g/mol. The van der Waals surface area contributed by atoms with Crippen LogP contribution in [-0.2, 0) is 12.6 Å². The number of alkyl halides is 3. The Morgan fingerprint density at radius 1 is 1.22 bits per heavy atom. The zero-order chi connectivity index (χ0) is 13.2. The van der Waals surface area contributed by atoms with E-state index in [0.717, 1.165) is 11.6 Å². The number of nitriles is 1. The topological polar surface area (TPSA) is 52.5 Å². The van der Waals surface area contributed by atoms with E-state index >= 15 is 0 Å². The van der Waals surface area contributed by atoms with Crippen molar-refractivity contribution in [3.8, 4) is 17.3 Å². The molecular formula is C12H8F3N3. The van der Waals surface area contributed by atoms with Gasteiger partial charge in [0.2, 0.25) is 0 Å². The number of aromatic amines is 1. The fraction of sp³-hybridized carbons (Fsp3) is 0.167. The average Bonchev–Trinajstić information content (AvgIpc) is 2.79. The summed E-state index contributed by atoms with van der Waals surface area (Å²) in [5.41, 5.74) is 0.737. The SMILES string of the molecule is N#CCc1ccc(-c2cc(C(F)(F)F)[nH]n2)cc1. The van der Waals surface area contributed by atoms with Crippen LogP contribution >= 0.6 is 0 Å². The molecule has 0 atom stereocenters. The predicted octanol–water partition coefficient (Wildman–Crippen LogP) is 3.16. The van der Waals surface area contributed by atoms with Crippen LogP contribution in [0.1, 0.15) is 11.3 Å². The van der Waals surface area contributed by atoms with E-state index < -0.39 is 11.9 Å². The molecule has 0 saturated heterocycles. The minimum atomic E-state index is -4.42. The molecule has 0 amide bonds. The first-order valence-corrected chi connectivity index (χ1v) is 5.09. The van der Waals surface area contributed by atoms with Crippen LogP contribution in [0.3, 0.4) is 0 Å². The third kappa shape index (κ3) is 2.51. The normalized spacial score (nSPS) is 11.2. The summed E-state index contributed by atoms with van der Waals surface area (Å²) in [5.74, 6) is 0. The molecule has 0 fully saturated rings. The van der Waals surface area contributed by atoms with Crippen LogP contribution in [0.5, 0.6) is 0 Å². The van der Waals surface area contributed by atoms with Gasteiger partial charge < -0.3 is 0 Å². The molecule has 18 heavy (non-hydrogen) atoms. The van der Waals surface area contributed by atoms with E-state index in [1.807, 2.05) is 11.2 Å². The Morgan fingerprint density at radius 2 is 1.89 bits per heavy atom. The number of hydrogen-bond acceptors (Lipinski definition) is 2. The fourth-order valence-corrected chi connectivity index (χ4v) is 1.50. The highest BCUT2D eigenvalue weighted by Crippen LogP contribution is 2.30. The van der Waals surface area contributed by atoms with Crippen LogP contribution in [0, 0.1) is 11.3 Å². The molecule has 3 nitrogen and oxygen atoms in total. The molecule has 1 aromatic heterocycles. The molecule has 2 rings (SSSR count).